The van der Waals surface area contributed by atoms with Crippen molar-refractivity contribution in [3.8, 4) is 28.6 Å². The van der Waals surface area contributed by atoms with E-state index in [1.807, 2.05) is 47.4 Å². The third-order valence-electron chi connectivity index (χ3n) is 8.19. The number of carbonyl (C=O) groups is 1. The van der Waals surface area contributed by atoms with Crippen molar-refractivity contribution in [2.45, 2.75) is 31.7 Å². The summed E-state index contributed by atoms with van der Waals surface area (Å²) < 4.78 is 12.5. The van der Waals surface area contributed by atoms with E-state index in [1.54, 1.807) is 38.6 Å². The summed E-state index contributed by atoms with van der Waals surface area (Å²) in [5.74, 6) is 2.76. The average Bonchev–Trinajstić information content (AvgIpc) is 3.54. The molecule has 1 aliphatic carbocycles. The van der Waals surface area contributed by atoms with Gasteiger partial charge in [-0.3, -0.25) is 4.79 Å². The number of anilines is 1. The van der Waals surface area contributed by atoms with Crippen LogP contribution in [-0.2, 0) is 0 Å². The van der Waals surface area contributed by atoms with Crippen molar-refractivity contribution in [2.24, 2.45) is 5.41 Å². The number of ether oxygens (including phenoxy) is 2. The van der Waals surface area contributed by atoms with Crippen molar-refractivity contribution in [1.29, 1.82) is 0 Å². The van der Waals surface area contributed by atoms with E-state index in [1.165, 1.54) is 0 Å². The first-order valence-corrected chi connectivity index (χ1v) is 13.3. The van der Waals surface area contributed by atoms with Gasteiger partial charge in [0.05, 0.1) is 19.9 Å². The number of nitrogens with one attached hydrogen (secondary N) is 1. The molecule has 2 fully saturated rings. The summed E-state index contributed by atoms with van der Waals surface area (Å²) in [5.41, 5.74) is 2.60. The molecule has 1 aliphatic heterocycles. The molecule has 1 atom stereocenters. The second-order valence-corrected chi connectivity index (χ2v) is 10.3. The number of amides is 1. The summed E-state index contributed by atoms with van der Waals surface area (Å²) in [4.78, 5) is 24.9. The van der Waals surface area contributed by atoms with Crippen LogP contribution < -0.4 is 19.7 Å². The van der Waals surface area contributed by atoms with E-state index >= 15 is 0 Å². The summed E-state index contributed by atoms with van der Waals surface area (Å²) in [7, 11) is 3.17. The molecule has 9 nitrogen and oxygen atoms in total. The van der Waals surface area contributed by atoms with Gasteiger partial charge in [-0.05, 0) is 67.5 Å². The second-order valence-electron chi connectivity index (χ2n) is 10.3. The van der Waals surface area contributed by atoms with Crippen molar-refractivity contribution >= 4 is 11.7 Å². The smallest absolute Gasteiger partial charge is 0.251 e. The van der Waals surface area contributed by atoms with Crippen molar-refractivity contribution < 1.29 is 14.3 Å². The van der Waals surface area contributed by atoms with Crippen LogP contribution in [0.3, 0.4) is 0 Å². The van der Waals surface area contributed by atoms with Crippen LogP contribution in [0.1, 0.15) is 36.0 Å². The zero-order chi connectivity index (χ0) is 26.8. The molecule has 1 saturated carbocycles. The lowest BCUT2D eigenvalue weighted by molar-refractivity contribution is 0.0336. The summed E-state index contributed by atoms with van der Waals surface area (Å²) in [5, 5.41) is 7.62. The van der Waals surface area contributed by atoms with Crippen molar-refractivity contribution in [2.75, 3.05) is 32.2 Å². The molecule has 0 radical (unpaired) electrons. The van der Waals surface area contributed by atoms with E-state index in [4.69, 9.17) is 14.5 Å². The van der Waals surface area contributed by atoms with Crippen molar-refractivity contribution in [1.82, 2.24) is 25.1 Å². The lowest BCUT2D eigenvalue weighted by atomic mass is 9.59. The van der Waals surface area contributed by atoms with E-state index in [0.29, 0.717) is 22.9 Å². The Morgan fingerprint density at radius 1 is 0.974 bits per heavy atom. The van der Waals surface area contributed by atoms with Gasteiger partial charge in [-0.25, -0.2) is 14.6 Å². The fraction of sp³-hybridized carbons (Fsp3) is 0.333. The molecule has 3 heterocycles. The fourth-order valence-electron chi connectivity index (χ4n) is 5.76. The van der Waals surface area contributed by atoms with E-state index in [0.717, 1.165) is 55.8 Å². The molecule has 2 aliphatic rings. The molecule has 1 saturated heterocycles. The maximum absolute atomic E-state index is 13.1. The van der Waals surface area contributed by atoms with Crippen LogP contribution in [-0.4, -0.2) is 59.0 Å². The topological polar surface area (TPSA) is 94.4 Å². The molecule has 2 aromatic carbocycles. The van der Waals surface area contributed by atoms with Gasteiger partial charge in [-0.2, -0.15) is 5.10 Å². The number of benzene rings is 2. The molecular formula is C30H32N6O3. The Hall–Kier alpha value is -4.40. The molecule has 1 spiro atoms. The lowest BCUT2D eigenvalue weighted by Gasteiger charge is -2.54. The van der Waals surface area contributed by atoms with Gasteiger partial charge >= 0.3 is 0 Å². The standard InChI is InChI=1S/C30H32N6O3/c1-38-24-18-22(19-25(20-24)39-2)29(37)33-26-7-9-30(26)10-15-35(16-11-30)27-8-13-31-28(34-27)21-5-3-6-23(17-21)36-14-4-12-32-36/h3-6,8,12-14,17-20,26H,7,9-11,15-16H2,1-2H3,(H,33,37). The SMILES string of the molecule is COc1cc(OC)cc(C(=O)NC2CCC23CCN(c2ccnc(-c4cccc(-n5cccn5)c4)n2)CC3)c1. The van der Waals surface area contributed by atoms with Gasteiger partial charge in [-0.1, -0.05) is 12.1 Å². The van der Waals surface area contributed by atoms with Gasteiger partial charge in [0, 0.05) is 54.9 Å². The number of rotatable bonds is 7. The first kappa shape index (κ1) is 24.9. The molecule has 1 unspecified atom stereocenters. The summed E-state index contributed by atoms with van der Waals surface area (Å²) in [6.45, 7) is 1.78. The van der Waals surface area contributed by atoms with E-state index < -0.39 is 0 Å². The number of methoxy groups -OCH3 is 2. The molecule has 6 rings (SSSR count). The summed E-state index contributed by atoms with van der Waals surface area (Å²) in [6, 6.07) is 17.4. The van der Waals surface area contributed by atoms with Gasteiger partial charge in [0.15, 0.2) is 5.82 Å². The van der Waals surface area contributed by atoms with Gasteiger partial charge in [0.1, 0.15) is 17.3 Å². The maximum Gasteiger partial charge on any atom is 0.251 e. The first-order valence-electron chi connectivity index (χ1n) is 13.3. The predicted octanol–water partition coefficient (Wildman–Crippen LogP) is 4.53. The highest BCUT2D eigenvalue weighted by atomic mass is 16.5. The molecule has 39 heavy (non-hydrogen) atoms. The lowest BCUT2D eigenvalue weighted by Crippen LogP contribution is -2.59. The molecule has 4 aromatic rings. The minimum absolute atomic E-state index is 0.0866. The van der Waals surface area contributed by atoms with Gasteiger partial charge in [0.25, 0.3) is 5.91 Å². The monoisotopic (exact) mass is 524 g/mol. The Balaban J connectivity index is 1.12. The third kappa shape index (κ3) is 4.92. The number of carbonyl (C=O) groups excluding carboxylic acids is 1. The predicted molar refractivity (Wildman–Crippen MR) is 149 cm³/mol. The zero-order valence-corrected chi connectivity index (χ0v) is 22.2. The molecule has 1 N–H and O–H groups in total. The highest BCUT2D eigenvalue weighted by Crippen LogP contribution is 2.49. The molecular weight excluding hydrogens is 492 g/mol. The number of hydrogen-bond acceptors (Lipinski definition) is 7. The molecule has 1 amide bonds. The Kier molecular flexibility index (Phi) is 6.64. The normalized spacial score (nSPS) is 17.9. The molecule has 9 heteroatoms. The Labute approximate surface area is 227 Å². The Morgan fingerprint density at radius 2 is 1.77 bits per heavy atom. The van der Waals surface area contributed by atoms with Gasteiger partial charge < -0.3 is 19.7 Å². The van der Waals surface area contributed by atoms with E-state index in [9.17, 15) is 4.79 Å². The third-order valence-corrected chi connectivity index (χ3v) is 8.19. The quantitative estimate of drug-likeness (QED) is 0.380. The largest absolute Gasteiger partial charge is 0.497 e. The van der Waals surface area contributed by atoms with Crippen LogP contribution in [0, 0.1) is 5.41 Å². The van der Waals surface area contributed by atoms with Crippen LogP contribution in [0.2, 0.25) is 0 Å². The second kappa shape index (κ2) is 10.4. The zero-order valence-electron chi connectivity index (χ0n) is 22.2. The number of hydrogen-bond donors (Lipinski definition) is 1. The average molecular weight is 525 g/mol. The highest BCUT2D eigenvalue weighted by molar-refractivity contribution is 5.95. The van der Waals surface area contributed by atoms with Gasteiger partial charge in [-0.15, -0.1) is 0 Å². The van der Waals surface area contributed by atoms with E-state index in [-0.39, 0.29) is 17.4 Å². The number of aromatic nitrogens is 4. The van der Waals surface area contributed by atoms with Gasteiger partial charge in [0.2, 0.25) is 0 Å². The summed E-state index contributed by atoms with van der Waals surface area (Å²) >= 11 is 0. The number of piperidine rings is 1. The Bertz CT molecular complexity index is 1440. The summed E-state index contributed by atoms with van der Waals surface area (Å²) in [6.07, 6.45) is 9.66. The van der Waals surface area contributed by atoms with Crippen molar-refractivity contribution in [3.63, 3.8) is 0 Å². The molecule has 0 bridgehead atoms. The fourth-order valence-corrected chi connectivity index (χ4v) is 5.76. The van der Waals surface area contributed by atoms with Crippen LogP contribution in [0.15, 0.2) is 73.2 Å². The van der Waals surface area contributed by atoms with Crippen LogP contribution in [0.25, 0.3) is 17.1 Å². The first-order chi connectivity index (χ1) is 19.1. The van der Waals surface area contributed by atoms with Crippen LogP contribution in [0.4, 0.5) is 5.82 Å². The maximum atomic E-state index is 13.1. The minimum atomic E-state index is -0.0866. The molecule has 2 aromatic heterocycles. The highest BCUT2D eigenvalue weighted by Gasteiger charge is 2.49. The minimum Gasteiger partial charge on any atom is -0.497 e. The van der Waals surface area contributed by atoms with E-state index in [2.05, 4.69) is 26.4 Å². The van der Waals surface area contributed by atoms with Crippen LogP contribution in [0.5, 0.6) is 11.5 Å². The van der Waals surface area contributed by atoms with Crippen molar-refractivity contribution in [3.05, 3.63) is 78.8 Å². The molecule has 200 valence electrons. The number of nitrogens with zero attached hydrogens (tertiary/aromatic N) is 5. The van der Waals surface area contributed by atoms with Crippen LogP contribution >= 0.6 is 0 Å². The Morgan fingerprint density at radius 3 is 2.44 bits per heavy atom.